The van der Waals surface area contributed by atoms with Crippen LogP contribution in [0.15, 0.2) is 34.7 Å². The Labute approximate surface area is 103 Å². The molecule has 5 heteroatoms. The van der Waals surface area contributed by atoms with Crippen molar-refractivity contribution in [2.24, 2.45) is 7.05 Å². The molecule has 0 radical (unpaired) electrons. The number of Topliss-reactive ketones (excluding diaryl/α,β-unsaturated/α-hetero) is 1. The fourth-order valence-electron chi connectivity index (χ4n) is 1.65. The van der Waals surface area contributed by atoms with Gasteiger partial charge in [0, 0.05) is 32.4 Å². The van der Waals surface area contributed by atoms with Gasteiger partial charge in [0.1, 0.15) is 0 Å². The Morgan fingerprint density at radius 3 is 2.82 bits per heavy atom. The predicted octanol–water partition coefficient (Wildman–Crippen LogP) is 1.91. The molecule has 0 aliphatic rings. The highest BCUT2D eigenvalue weighted by Crippen LogP contribution is 2.12. The van der Waals surface area contributed by atoms with E-state index in [-0.39, 0.29) is 11.5 Å². The number of nitrogens with zero attached hydrogens (tertiary/aromatic N) is 2. The van der Waals surface area contributed by atoms with Gasteiger partial charge in [-0.15, -0.1) is 11.3 Å². The Kier molecular flexibility index (Phi) is 3.58. The summed E-state index contributed by atoms with van der Waals surface area (Å²) >= 11 is 1.46. The first-order valence-electron chi connectivity index (χ1n) is 5.47. The molecule has 2 aromatic heterocycles. The largest absolute Gasteiger partial charge is 0.327 e. The summed E-state index contributed by atoms with van der Waals surface area (Å²) in [4.78, 5) is 24.0. The van der Waals surface area contributed by atoms with Gasteiger partial charge >= 0.3 is 5.69 Å². The van der Waals surface area contributed by atoms with Crippen LogP contribution in [-0.4, -0.2) is 14.9 Å². The number of hydrogen-bond donors (Lipinski definition) is 0. The molecule has 0 unspecified atom stereocenters. The highest BCUT2D eigenvalue weighted by Gasteiger charge is 2.07. The molecular weight excluding hydrogens is 236 g/mol. The van der Waals surface area contributed by atoms with Gasteiger partial charge in [-0.3, -0.25) is 9.36 Å². The van der Waals surface area contributed by atoms with Crippen molar-refractivity contribution < 1.29 is 4.79 Å². The van der Waals surface area contributed by atoms with Gasteiger partial charge < -0.3 is 4.57 Å². The lowest BCUT2D eigenvalue weighted by Crippen LogP contribution is -2.22. The minimum absolute atomic E-state index is 0.0337. The van der Waals surface area contributed by atoms with Crippen molar-refractivity contribution in [1.29, 1.82) is 0 Å². The number of hydrogen-bond acceptors (Lipinski definition) is 3. The summed E-state index contributed by atoms with van der Waals surface area (Å²) in [5.41, 5.74) is -0.0337. The van der Waals surface area contributed by atoms with E-state index in [0.717, 1.165) is 4.88 Å². The quantitative estimate of drug-likeness (QED) is 0.761. The summed E-state index contributed by atoms with van der Waals surface area (Å²) < 4.78 is 3.16. The molecule has 0 N–H and O–H groups in total. The highest BCUT2D eigenvalue weighted by atomic mass is 32.1. The second kappa shape index (κ2) is 5.14. The maximum absolute atomic E-state index is 11.7. The smallest absolute Gasteiger partial charge is 0.302 e. The average Bonchev–Trinajstić information content (AvgIpc) is 2.93. The molecule has 0 saturated heterocycles. The minimum atomic E-state index is -0.0337. The second-order valence-corrected chi connectivity index (χ2v) is 4.84. The zero-order valence-corrected chi connectivity index (χ0v) is 10.4. The van der Waals surface area contributed by atoms with Gasteiger partial charge in [0.05, 0.1) is 4.88 Å². The number of thiophene rings is 1. The van der Waals surface area contributed by atoms with E-state index in [1.54, 1.807) is 24.0 Å². The molecule has 0 atom stereocenters. The van der Waals surface area contributed by atoms with Crippen molar-refractivity contribution in [1.82, 2.24) is 9.13 Å². The third-order valence-electron chi connectivity index (χ3n) is 2.62. The van der Waals surface area contributed by atoms with E-state index < -0.39 is 0 Å². The zero-order chi connectivity index (χ0) is 12.3. The topological polar surface area (TPSA) is 44.0 Å². The summed E-state index contributed by atoms with van der Waals surface area (Å²) in [5, 5.41) is 1.90. The van der Waals surface area contributed by atoms with Gasteiger partial charge in [-0.2, -0.15) is 0 Å². The van der Waals surface area contributed by atoms with Crippen LogP contribution in [-0.2, 0) is 13.6 Å². The van der Waals surface area contributed by atoms with Crippen molar-refractivity contribution in [2.75, 3.05) is 0 Å². The molecule has 0 spiro atoms. The summed E-state index contributed by atoms with van der Waals surface area (Å²) in [6, 6.07) is 3.71. The van der Waals surface area contributed by atoms with Gasteiger partial charge in [0.15, 0.2) is 5.78 Å². The molecule has 17 heavy (non-hydrogen) atoms. The number of ketones is 1. The number of imidazole rings is 1. The standard InChI is InChI=1S/C12H14N2O2S/c1-13-7-8-14(12(13)16)6-2-4-10(15)11-5-3-9-17-11/h3,5,7-9H,2,4,6H2,1H3. The van der Waals surface area contributed by atoms with Gasteiger partial charge in [0.2, 0.25) is 0 Å². The maximum Gasteiger partial charge on any atom is 0.327 e. The molecule has 0 aliphatic heterocycles. The Hall–Kier alpha value is -1.62. The van der Waals surface area contributed by atoms with Crippen molar-refractivity contribution in [3.63, 3.8) is 0 Å². The maximum atomic E-state index is 11.7. The van der Waals surface area contributed by atoms with Crippen LogP contribution in [0.1, 0.15) is 22.5 Å². The molecule has 90 valence electrons. The van der Waals surface area contributed by atoms with E-state index in [4.69, 9.17) is 0 Å². The van der Waals surface area contributed by atoms with Gasteiger partial charge in [0.25, 0.3) is 0 Å². The lowest BCUT2D eigenvalue weighted by atomic mass is 10.2. The molecule has 2 heterocycles. The van der Waals surface area contributed by atoms with Crippen LogP contribution in [0.5, 0.6) is 0 Å². The molecular formula is C12H14N2O2S. The van der Waals surface area contributed by atoms with Crippen LogP contribution in [0.3, 0.4) is 0 Å². The SMILES string of the molecule is Cn1ccn(CCCC(=O)c2cccs2)c1=O. The molecule has 0 aliphatic carbocycles. The number of carbonyl (C=O) groups excluding carboxylic acids is 1. The number of rotatable bonds is 5. The Morgan fingerprint density at radius 1 is 1.41 bits per heavy atom. The molecule has 0 saturated carbocycles. The van der Waals surface area contributed by atoms with Crippen molar-refractivity contribution >= 4 is 17.1 Å². The third kappa shape index (κ3) is 2.74. The van der Waals surface area contributed by atoms with E-state index in [1.165, 1.54) is 15.9 Å². The van der Waals surface area contributed by atoms with E-state index in [1.807, 2.05) is 17.5 Å². The van der Waals surface area contributed by atoms with Gasteiger partial charge in [-0.1, -0.05) is 6.07 Å². The Balaban J connectivity index is 1.86. The van der Waals surface area contributed by atoms with E-state index in [9.17, 15) is 9.59 Å². The van der Waals surface area contributed by atoms with Crippen LogP contribution in [0.4, 0.5) is 0 Å². The number of aromatic nitrogens is 2. The fraction of sp³-hybridized carbons (Fsp3) is 0.333. The first-order valence-corrected chi connectivity index (χ1v) is 6.35. The van der Waals surface area contributed by atoms with E-state index in [0.29, 0.717) is 19.4 Å². The van der Waals surface area contributed by atoms with Crippen molar-refractivity contribution in [2.45, 2.75) is 19.4 Å². The third-order valence-corrected chi connectivity index (χ3v) is 3.53. The molecule has 0 aromatic carbocycles. The summed E-state index contributed by atoms with van der Waals surface area (Å²) in [5.74, 6) is 0.156. The van der Waals surface area contributed by atoms with Crippen LogP contribution >= 0.6 is 11.3 Å². The van der Waals surface area contributed by atoms with Crippen molar-refractivity contribution in [3.8, 4) is 0 Å². The first kappa shape index (κ1) is 11.9. The normalized spacial score (nSPS) is 10.6. The van der Waals surface area contributed by atoms with Crippen LogP contribution in [0, 0.1) is 0 Å². The zero-order valence-electron chi connectivity index (χ0n) is 9.63. The highest BCUT2D eigenvalue weighted by molar-refractivity contribution is 7.12. The lowest BCUT2D eigenvalue weighted by molar-refractivity contribution is 0.0982. The molecule has 4 nitrogen and oxygen atoms in total. The van der Waals surface area contributed by atoms with Crippen LogP contribution in [0.25, 0.3) is 0 Å². The molecule has 0 bridgehead atoms. The summed E-state index contributed by atoms with van der Waals surface area (Å²) in [6.07, 6.45) is 4.66. The van der Waals surface area contributed by atoms with Crippen molar-refractivity contribution in [3.05, 3.63) is 45.3 Å². The Bertz CT molecular complexity index is 551. The number of aryl methyl sites for hydroxylation is 2. The second-order valence-electron chi connectivity index (χ2n) is 3.89. The fourth-order valence-corrected chi connectivity index (χ4v) is 2.35. The average molecular weight is 250 g/mol. The first-order chi connectivity index (χ1) is 8.18. The van der Waals surface area contributed by atoms with Gasteiger partial charge in [-0.05, 0) is 17.9 Å². The monoisotopic (exact) mass is 250 g/mol. The van der Waals surface area contributed by atoms with E-state index in [2.05, 4.69) is 0 Å². The van der Waals surface area contributed by atoms with Crippen LogP contribution < -0.4 is 5.69 Å². The number of carbonyl (C=O) groups is 1. The molecule has 0 fully saturated rings. The molecule has 2 aromatic rings. The van der Waals surface area contributed by atoms with Gasteiger partial charge in [-0.25, -0.2) is 4.79 Å². The van der Waals surface area contributed by atoms with E-state index >= 15 is 0 Å². The molecule has 0 amide bonds. The Morgan fingerprint density at radius 2 is 2.24 bits per heavy atom. The summed E-state index contributed by atoms with van der Waals surface area (Å²) in [7, 11) is 1.72. The minimum Gasteiger partial charge on any atom is -0.302 e. The lowest BCUT2D eigenvalue weighted by Gasteiger charge is -2.00. The van der Waals surface area contributed by atoms with Crippen LogP contribution in [0.2, 0.25) is 0 Å². The summed E-state index contributed by atoms with van der Waals surface area (Å²) in [6.45, 7) is 0.594. The predicted molar refractivity (Wildman–Crippen MR) is 67.6 cm³/mol. The molecule has 2 rings (SSSR count).